The fourth-order valence-corrected chi connectivity index (χ4v) is 1.12. The molecule has 0 atom stereocenters. The Balaban J connectivity index is 2.59. The predicted octanol–water partition coefficient (Wildman–Crippen LogP) is -0.928. The minimum atomic E-state index is -0.318. The summed E-state index contributed by atoms with van der Waals surface area (Å²) >= 11 is 0. The van der Waals surface area contributed by atoms with E-state index in [-0.39, 0.29) is 11.7 Å². The van der Waals surface area contributed by atoms with Gasteiger partial charge in [0.15, 0.2) is 0 Å². The molecule has 2 heterocycles. The molecule has 0 aliphatic carbocycles. The Morgan fingerprint density at radius 2 is 2.42 bits per heavy atom. The fourth-order valence-electron chi connectivity index (χ4n) is 1.12. The average molecular weight is 168 g/mol. The number of fused-ring (bicyclic) bond motifs is 1. The van der Waals surface area contributed by atoms with E-state index in [1.165, 1.54) is 11.7 Å². The predicted molar refractivity (Wildman–Crippen MR) is 41.3 cm³/mol. The van der Waals surface area contributed by atoms with Crippen molar-refractivity contribution in [1.82, 2.24) is 14.5 Å². The van der Waals surface area contributed by atoms with Crippen molar-refractivity contribution in [3.63, 3.8) is 0 Å². The zero-order valence-corrected chi connectivity index (χ0v) is 6.57. The molecule has 0 bridgehead atoms. The van der Waals surface area contributed by atoms with E-state index in [1.54, 1.807) is 0 Å². The molecule has 0 spiro atoms. The number of hydrogen-bond acceptors (Lipinski definition) is 5. The van der Waals surface area contributed by atoms with Crippen molar-refractivity contribution in [2.24, 2.45) is 0 Å². The Kier molecular flexibility index (Phi) is 1.46. The van der Waals surface area contributed by atoms with Gasteiger partial charge in [0.05, 0.1) is 7.11 Å². The molecule has 64 valence electrons. The van der Waals surface area contributed by atoms with Gasteiger partial charge in [-0.3, -0.25) is 4.57 Å². The van der Waals surface area contributed by atoms with E-state index in [0.717, 1.165) is 6.54 Å². The lowest BCUT2D eigenvalue weighted by atomic mass is 10.7. The van der Waals surface area contributed by atoms with Gasteiger partial charge in [0.2, 0.25) is 5.95 Å². The number of methoxy groups -OCH3 is 1. The van der Waals surface area contributed by atoms with E-state index < -0.39 is 0 Å². The van der Waals surface area contributed by atoms with Crippen molar-refractivity contribution in [3.05, 3.63) is 10.5 Å². The molecule has 0 aromatic carbocycles. The van der Waals surface area contributed by atoms with Crippen molar-refractivity contribution >= 4 is 5.95 Å². The van der Waals surface area contributed by atoms with Crippen LogP contribution in [0.25, 0.3) is 0 Å². The van der Waals surface area contributed by atoms with E-state index in [9.17, 15) is 4.79 Å². The number of anilines is 1. The second-order valence-electron chi connectivity index (χ2n) is 2.39. The Morgan fingerprint density at radius 3 is 3.17 bits per heavy atom. The Bertz CT molecular complexity index is 359. The maximum atomic E-state index is 11.2. The van der Waals surface area contributed by atoms with Gasteiger partial charge in [-0.15, -0.1) is 4.98 Å². The van der Waals surface area contributed by atoms with Gasteiger partial charge in [0.1, 0.15) is 0 Å². The van der Waals surface area contributed by atoms with E-state index in [0.29, 0.717) is 12.5 Å². The summed E-state index contributed by atoms with van der Waals surface area (Å²) in [4.78, 5) is 18.7. The Morgan fingerprint density at radius 1 is 1.58 bits per heavy atom. The number of ether oxygens (including phenoxy) is 1. The molecule has 1 aliphatic rings. The highest BCUT2D eigenvalue weighted by Gasteiger charge is 2.14. The first-order valence-electron chi connectivity index (χ1n) is 3.58. The van der Waals surface area contributed by atoms with Gasteiger partial charge in [-0.25, -0.2) is 4.79 Å². The highest BCUT2D eigenvalue weighted by Crippen LogP contribution is 2.08. The summed E-state index contributed by atoms with van der Waals surface area (Å²) in [6.45, 7) is 1.34. The van der Waals surface area contributed by atoms with Gasteiger partial charge in [-0.2, -0.15) is 4.98 Å². The lowest BCUT2D eigenvalue weighted by Crippen LogP contribution is -2.22. The van der Waals surface area contributed by atoms with Crippen LogP contribution in [0, 0.1) is 0 Å². The largest absolute Gasteiger partial charge is 0.467 e. The molecular weight excluding hydrogens is 160 g/mol. The molecular formula is C6H8N4O2. The minimum absolute atomic E-state index is 0.112. The normalized spacial score (nSPS) is 13.8. The molecule has 0 unspecified atom stereocenters. The summed E-state index contributed by atoms with van der Waals surface area (Å²) in [5.74, 6) is 0.534. The van der Waals surface area contributed by atoms with Crippen LogP contribution >= 0.6 is 0 Å². The summed E-state index contributed by atoms with van der Waals surface area (Å²) < 4.78 is 6.22. The van der Waals surface area contributed by atoms with E-state index >= 15 is 0 Å². The highest BCUT2D eigenvalue weighted by molar-refractivity contribution is 5.29. The minimum Gasteiger partial charge on any atom is -0.467 e. The molecule has 0 radical (unpaired) electrons. The maximum absolute atomic E-state index is 11.2. The first-order valence-corrected chi connectivity index (χ1v) is 3.58. The molecule has 0 amide bonds. The van der Waals surface area contributed by atoms with Gasteiger partial charge >= 0.3 is 11.7 Å². The van der Waals surface area contributed by atoms with Crippen LogP contribution in [0.2, 0.25) is 0 Å². The van der Waals surface area contributed by atoms with Crippen molar-refractivity contribution in [2.75, 3.05) is 19.0 Å². The number of nitrogens with zero attached hydrogens (tertiary/aromatic N) is 3. The summed E-state index contributed by atoms with van der Waals surface area (Å²) in [5.41, 5.74) is -0.318. The zero-order chi connectivity index (χ0) is 8.55. The van der Waals surface area contributed by atoms with Crippen molar-refractivity contribution in [2.45, 2.75) is 6.54 Å². The number of nitrogens with one attached hydrogen (secondary N) is 1. The Labute approximate surface area is 68.2 Å². The van der Waals surface area contributed by atoms with E-state index in [2.05, 4.69) is 15.3 Å². The fraction of sp³-hybridized carbons (Fsp3) is 0.500. The standard InChI is InChI=1S/C6H8N4O2/c1-12-5-8-4-7-2-3-10(4)6(11)9-5/h2-3H2,1H3,(H,7,8,9,11). The van der Waals surface area contributed by atoms with Gasteiger partial charge in [-0.05, 0) is 0 Å². The third kappa shape index (κ3) is 0.919. The Hall–Kier alpha value is -1.59. The lowest BCUT2D eigenvalue weighted by molar-refractivity contribution is 0.374. The van der Waals surface area contributed by atoms with Crippen LogP contribution in [0.4, 0.5) is 5.95 Å². The molecule has 6 heteroatoms. The summed E-state index contributed by atoms with van der Waals surface area (Å²) in [5, 5.41) is 2.95. The molecule has 1 N–H and O–H groups in total. The van der Waals surface area contributed by atoms with Crippen molar-refractivity contribution < 1.29 is 4.74 Å². The lowest BCUT2D eigenvalue weighted by Gasteiger charge is -2.00. The van der Waals surface area contributed by atoms with Crippen molar-refractivity contribution in [1.29, 1.82) is 0 Å². The smallest absolute Gasteiger partial charge is 0.355 e. The second kappa shape index (κ2) is 2.47. The monoisotopic (exact) mass is 168 g/mol. The summed E-state index contributed by atoms with van der Waals surface area (Å²) in [7, 11) is 1.43. The average Bonchev–Trinajstić information content (AvgIpc) is 2.52. The third-order valence-corrected chi connectivity index (χ3v) is 1.68. The molecule has 12 heavy (non-hydrogen) atoms. The molecule has 0 saturated heterocycles. The number of hydrogen-bond donors (Lipinski definition) is 1. The molecule has 2 rings (SSSR count). The quantitative estimate of drug-likeness (QED) is 0.586. The van der Waals surface area contributed by atoms with Crippen LogP contribution in [-0.4, -0.2) is 28.2 Å². The number of aromatic nitrogens is 3. The van der Waals surface area contributed by atoms with E-state index in [1.807, 2.05) is 0 Å². The van der Waals surface area contributed by atoms with Crippen LogP contribution in [0.5, 0.6) is 6.01 Å². The van der Waals surface area contributed by atoms with Gasteiger partial charge < -0.3 is 10.1 Å². The first-order chi connectivity index (χ1) is 5.81. The zero-order valence-electron chi connectivity index (χ0n) is 6.57. The molecule has 1 aliphatic heterocycles. The van der Waals surface area contributed by atoms with Crippen LogP contribution in [-0.2, 0) is 6.54 Å². The van der Waals surface area contributed by atoms with Gasteiger partial charge in [0, 0.05) is 13.1 Å². The first kappa shape index (κ1) is 7.08. The van der Waals surface area contributed by atoms with Crippen LogP contribution < -0.4 is 15.7 Å². The van der Waals surface area contributed by atoms with Crippen LogP contribution in [0.3, 0.4) is 0 Å². The molecule has 0 saturated carbocycles. The van der Waals surface area contributed by atoms with Gasteiger partial charge in [-0.1, -0.05) is 0 Å². The summed E-state index contributed by atoms with van der Waals surface area (Å²) in [6.07, 6.45) is 0. The second-order valence-corrected chi connectivity index (χ2v) is 2.39. The molecule has 6 nitrogen and oxygen atoms in total. The third-order valence-electron chi connectivity index (χ3n) is 1.68. The van der Waals surface area contributed by atoms with E-state index in [4.69, 9.17) is 4.74 Å². The molecule has 1 aromatic rings. The van der Waals surface area contributed by atoms with Crippen LogP contribution in [0.15, 0.2) is 4.79 Å². The molecule has 0 fully saturated rings. The SMILES string of the molecule is COc1nc2n(c(=O)n1)CCN2. The maximum Gasteiger partial charge on any atom is 0.355 e. The summed E-state index contributed by atoms with van der Waals surface area (Å²) in [6, 6.07) is 0.112. The topological polar surface area (TPSA) is 69.0 Å². The van der Waals surface area contributed by atoms with Gasteiger partial charge in [0.25, 0.3) is 0 Å². The van der Waals surface area contributed by atoms with Crippen molar-refractivity contribution in [3.8, 4) is 6.01 Å². The number of rotatable bonds is 1. The molecule has 1 aromatic heterocycles. The highest BCUT2D eigenvalue weighted by atomic mass is 16.5. The van der Waals surface area contributed by atoms with Crippen LogP contribution in [0.1, 0.15) is 0 Å².